The molecule has 4 heteroatoms. The van der Waals surface area contributed by atoms with Crippen LogP contribution < -0.4 is 0 Å². The molecule has 1 heterocycles. The van der Waals surface area contributed by atoms with Crippen LogP contribution in [0.15, 0.2) is 66.4 Å². The van der Waals surface area contributed by atoms with Crippen molar-refractivity contribution in [2.75, 3.05) is 0 Å². The summed E-state index contributed by atoms with van der Waals surface area (Å²) in [4.78, 5) is 25.6. The first-order valence-electron chi connectivity index (χ1n) is 6.57. The lowest BCUT2D eigenvalue weighted by Crippen LogP contribution is -2.31. The first-order chi connectivity index (χ1) is 10.2. The fraction of sp³-hybridized carbons (Fsp3) is 0.0588. The van der Waals surface area contributed by atoms with Gasteiger partial charge >= 0.3 is 0 Å². The Morgan fingerprint density at radius 3 is 2.00 bits per heavy atom. The molecule has 2 amide bonds. The third kappa shape index (κ3) is 2.31. The molecule has 2 aromatic carbocycles. The van der Waals surface area contributed by atoms with E-state index >= 15 is 0 Å². The number of imide groups is 1. The summed E-state index contributed by atoms with van der Waals surface area (Å²) in [5, 5.41) is 10.00. The SMILES string of the molecule is O=C1C(O)=C(c2ccccc2)C(=O)N1Cc1ccccc1. The molecule has 0 fully saturated rings. The zero-order chi connectivity index (χ0) is 14.8. The van der Waals surface area contributed by atoms with Crippen molar-refractivity contribution in [2.24, 2.45) is 0 Å². The van der Waals surface area contributed by atoms with Crippen LogP contribution in [0.1, 0.15) is 11.1 Å². The van der Waals surface area contributed by atoms with E-state index in [0.29, 0.717) is 5.56 Å². The number of hydrogen-bond acceptors (Lipinski definition) is 3. The van der Waals surface area contributed by atoms with E-state index in [4.69, 9.17) is 0 Å². The summed E-state index contributed by atoms with van der Waals surface area (Å²) >= 11 is 0. The van der Waals surface area contributed by atoms with E-state index in [-0.39, 0.29) is 12.1 Å². The van der Waals surface area contributed by atoms with Gasteiger partial charge in [-0.1, -0.05) is 60.7 Å². The van der Waals surface area contributed by atoms with E-state index in [1.54, 1.807) is 24.3 Å². The Morgan fingerprint density at radius 1 is 0.810 bits per heavy atom. The maximum atomic E-state index is 12.4. The molecule has 0 aliphatic carbocycles. The molecular weight excluding hydrogens is 266 g/mol. The van der Waals surface area contributed by atoms with E-state index < -0.39 is 17.6 Å². The summed E-state index contributed by atoms with van der Waals surface area (Å²) in [6.07, 6.45) is 0. The fourth-order valence-electron chi connectivity index (χ4n) is 2.34. The molecule has 2 aromatic rings. The summed E-state index contributed by atoms with van der Waals surface area (Å²) < 4.78 is 0. The van der Waals surface area contributed by atoms with Crippen molar-refractivity contribution in [1.29, 1.82) is 0 Å². The van der Waals surface area contributed by atoms with E-state index in [1.807, 2.05) is 36.4 Å². The molecule has 0 bridgehead atoms. The molecule has 0 unspecified atom stereocenters. The number of carbonyl (C=O) groups is 2. The first-order valence-corrected chi connectivity index (χ1v) is 6.57. The van der Waals surface area contributed by atoms with Crippen LogP contribution >= 0.6 is 0 Å². The summed E-state index contributed by atoms with van der Waals surface area (Å²) in [6, 6.07) is 17.9. The predicted molar refractivity (Wildman–Crippen MR) is 78.0 cm³/mol. The fourth-order valence-corrected chi connectivity index (χ4v) is 2.34. The normalized spacial score (nSPS) is 15.0. The highest BCUT2D eigenvalue weighted by atomic mass is 16.3. The lowest BCUT2D eigenvalue weighted by atomic mass is 10.1. The molecule has 0 saturated carbocycles. The standard InChI is InChI=1S/C17H13NO3/c19-15-14(13-9-5-2-6-10-13)16(20)18(17(15)21)11-12-7-3-1-4-8-12/h1-10,19H,11H2. The van der Waals surface area contributed by atoms with Crippen LogP contribution in [0.4, 0.5) is 0 Å². The van der Waals surface area contributed by atoms with Gasteiger partial charge in [-0.05, 0) is 11.1 Å². The van der Waals surface area contributed by atoms with Crippen molar-refractivity contribution < 1.29 is 14.7 Å². The number of amides is 2. The van der Waals surface area contributed by atoms with Gasteiger partial charge in [0.05, 0.1) is 12.1 Å². The van der Waals surface area contributed by atoms with E-state index in [0.717, 1.165) is 10.5 Å². The topological polar surface area (TPSA) is 57.6 Å². The number of aliphatic hydroxyl groups excluding tert-OH is 1. The molecular formula is C17H13NO3. The molecule has 1 aliphatic heterocycles. The van der Waals surface area contributed by atoms with Crippen molar-refractivity contribution in [1.82, 2.24) is 4.90 Å². The van der Waals surface area contributed by atoms with Crippen LogP contribution in [0, 0.1) is 0 Å². The monoisotopic (exact) mass is 279 g/mol. The molecule has 0 spiro atoms. The molecule has 0 saturated heterocycles. The van der Waals surface area contributed by atoms with Gasteiger partial charge in [0.2, 0.25) is 0 Å². The van der Waals surface area contributed by atoms with Crippen molar-refractivity contribution >= 4 is 17.4 Å². The van der Waals surface area contributed by atoms with Crippen molar-refractivity contribution in [3.63, 3.8) is 0 Å². The average Bonchev–Trinajstić information content (AvgIpc) is 2.73. The van der Waals surface area contributed by atoms with Gasteiger partial charge in [-0.15, -0.1) is 0 Å². The van der Waals surface area contributed by atoms with Crippen LogP contribution in [0.25, 0.3) is 5.57 Å². The van der Waals surface area contributed by atoms with Gasteiger partial charge in [0.25, 0.3) is 11.8 Å². The number of nitrogens with zero attached hydrogens (tertiary/aromatic N) is 1. The predicted octanol–water partition coefficient (Wildman–Crippen LogP) is 2.52. The minimum Gasteiger partial charge on any atom is -0.502 e. The lowest BCUT2D eigenvalue weighted by Gasteiger charge is -2.14. The van der Waals surface area contributed by atoms with E-state index in [2.05, 4.69) is 0 Å². The summed E-state index contributed by atoms with van der Waals surface area (Å²) in [5.74, 6) is -1.60. The quantitative estimate of drug-likeness (QED) is 0.878. The van der Waals surface area contributed by atoms with E-state index in [9.17, 15) is 14.7 Å². The average molecular weight is 279 g/mol. The zero-order valence-corrected chi connectivity index (χ0v) is 11.2. The largest absolute Gasteiger partial charge is 0.502 e. The second kappa shape index (κ2) is 5.25. The van der Waals surface area contributed by atoms with Crippen LogP contribution in [0.2, 0.25) is 0 Å². The second-order valence-corrected chi connectivity index (χ2v) is 4.77. The highest BCUT2D eigenvalue weighted by Crippen LogP contribution is 2.28. The van der Waals surface area contributed by atoms with Crippen LogP contribution in [0.5, 0.6) is 0 Å². The van der Waals surface area contributed by atoms with Gasteiger partial charge in [0.1, 0.15) is 0 Å². The zero-order valence-electron chi connectivity index (χ0n) is 11.2. The molecule has 1 N–H and O–H groups in total. The van der Waals surface area contributed by atoms with Crippen LogP contribution in [-0.4, -0.2) is 21.8 Å². The Labute approximate surface area is 121 Å². The number of hydrogen-bond donors (Lipinski definition) is 1. The smallest absolute Gasteiger partial charge is 0.296 e. The molecule has 1 aliphatic rings. The van der Waals surface area contributed by atoms with Crippen LogP contribution in [0.3, 0.4) is 0 Å². The number of rotatable bonds is 3. The Bertz CT molecular complexity index is 720. The highest BCUT2D eigenvalue weighted by Gasteiger charge is 2.38. The number of aliphatic hydroxyl groups is 1. The molecule has 4 nitrogen and oxygen atoms in total. The minimum atomic E-state index is -0.650. The summed E-state index contributed by atoms with van der Waals surface area (Å²) in [7, 11) is 0. The van der Waals surface area contributed by atoms with Gasteiger partial charge in [-0.2, -0.15) is 0 Å². The lowest BCUT2D eigenvalue weighted by molar-refractivity contribution is -0.138. The van der Waals surface area contributed by atoms with Gasteiger partial charge < -0.3 is 5.11 Å². The molecule has 0 atom stereocenters. The third-order valence-corrected chi connectivity index (χ3v) is 3.39. The van der Waals surface area contributed by atoms with Gasteiger partial charge in [0, 0.05) is 0 Å². The maximum absolute atomic E-state index is 12.4. The Morgan fingerprint density at radius 2 is 1.38 bits per heavy atom. The second-order valence-electron chi connectivity index (χ2n) is 4.77. The van der Waals surface area contributed by atoms with Crippen LogP contribution in [-0.2, 0) is 16.1 Å². The molecule has 0 radical (unpaired) electrons. The van der Waals surface area contributed by atoms with Crippen molar-refractivity contribution in [2.45, 2.75) is 6.54 Å². The van der Waals surface area contributed by atoms with Gasteiger partial charge in [-0.25, -0.2) is 0 Å². The maximum Gasteiger partial charge on any atom is 0.296 e. The molecule has 21 heavy (non-hydrogen) atoms. The molecule has 104 valence electrons. The molecule has 3 rings (SSSR count). The van der Waals surface area contributed by atoms with Crippen molar-refractivity contribution in [3.8, 4) is 0 Å². The molecule has 0 aromatic heterocycles. The summed E-state index contributed by atoms with van der Waals surface area (Å²) in [5.41, 5.74) is 1.45. The number of benzene rings is 2. The minimum absolute atomic E-state index is 0.0662. The van der Waals surface area contributed by atoms with Crippen molar-refractivity contribution in [3.05, 3.63) is 77.5 Å². The van der Waals surface area contributed by atoms with E-state index in [1.165, 1.54) is 0 Å². The number of carbonyl (C=O) groups excluding carboxylic acids is 2. The Kier molecular flexibility index (Phi) is 3.28. The first kappa shape index (κ1) is 13.1. The van der Waals surface area contributed by atoms with Gasteiger partial charge in [0.15, 0.2) is 5.76 Å². The Balaban J connectivity index is 1.92. The highest BCUT2D eigenvalue weighted by molar-refractivity contribution is 6.34. The Hall–Kier alpha value is -2.88. The van der Waals surface area contributed by atoms with Gasteiger partial charge in [-0.3, -0.25) is 14.5 Å². The summed E-state index contributed by atoms with van der Waals surface area (Å²) in [6.45, 7) is 0.152. The third-order valence-electron chi connectivity index (χ3n) is 3.39.